The van der Waals surface area contributed by atoms with Crippen molar-refractivity contribution in [1.82, 2.24) is 0 Å². The number of nitrogens with one attached hydrogen (secondary N) is 1. The first kappa shape index (κ1) is 11.1. The van der Waals surface area contributed by atoms with Crippen LogP contribution < -0.4 is 5.32 Å². The summed E-state index contributed by atoms with van der Waals surface area (Å²) in [6.07, 6.45) is 5.69. The minimum absolute atomic E-state index is 0.276. The molecule has 1 aromatic carbocycles. The van der Waals surface area contributed by atoms with Crippen LogP contribution in [0.1, 0.15) is 22.3 Å². The van der Waals surface area contributed by atoms with E-state index in [2.05, 4.69) is 11.2 Å². The zero-order chi connectivity index (χ0) is 11.3. The van der Waals surface area contributed by atoms with E-state index < -0.39 is 5.97 Å². The molecule has 0 radical (unpaired) electrons. The molecule has 1 aromatic rings. The van der Waals surface area contributed by atoms with Gasteiger partial charge in [0.05, 0.1) is 5.56 Å². The monoisotopic (exact) mass is 203 g/mol. The Morgan fingerprint density at radius 1 is 1.60 bits per heavy atom. The van der Waals surface area contributed by atoms with Crippen molar-refractivity contribution in [2.75, 3.05) is 11.9 Å². The summed E-state index contributed by atoms with van der Waals surface area (Å²) in [5, 5.41) is 11.9. The maximum absolute atomic E-state index is 10.9. The number of anilines is 1. The Morgan fingerprint density at radius 3 is 2.93 bits per heavy atom. The molecule has 0 saturated carbocycles. The minimum atomic E-state index is -0.932. The third-order valence-electron chi connectivity index (χ3n) is 1.99. The van der Waals surface area contributed by atoms with E-state index in [1.54, 1.807) is 18.2 Å². The number of benzene rings is 1. The van der Waals surface area contributed by atoms with Crippen LogP contribution in [0.3, 0.4) is 0 Å². The summed E-state index contributed by atoms with van der Waals surface area (Å²) in [5.74, 6) is 1.56. The average molecular weight is 203 g/mol. The highest BCUT2D eigenvalue weighted by Gasteiger charge is 2.08. The van der Waals surface area contributed by atoms with Gasteiger partial charge in [-0.05, 0) is 24.6 Å². The van der Waals surface area contributed by atoms with E-state index in [1.807, 2.05) is 6.92 Å². The molecule has 1 rings (SSSR count). The highest BCUT2D eigenvalue weighted by molar-refractivity contribution is 5.94. The molecule has 15 heavy (non-hydrogen) atoms. The molecule has 0 aromatic heterocycles. The van der Waals surface area contributed by atoms with Gasteiger partial charge in [0.15, 0.2) is 0 Å². The molecule has 78 valence electrons. The van der Waals surface area contributed by atoms with Gasteiger partial charge in [-0.2, -0.15) is 0 Å². The second-order valence-corrected chi connectivity index (χ2v) is 3.24. The molecule has 0 aliphatic carbocycles. The van der Waals surface area contributed by atoms with Crippen molar-refractivity contribution < 1.29 is 9.90 Å². The van der Waals surface area contributed by atoms with Crippen LogP contribution in [-0.4, -0.2) is 17.6 Å². The fourth-order valence-electron chi connectivity index (χ4n) is 1.26. The zero-order valence-electron chi connectivity index (χ0n) is 8.58. The van der Waals surface area contributed by atoms with Gasteiger partial charge in [-0.3, -0.25) is 0 Å². The van der Waals surface area contributed by atoms with Crippen LogP contribution >= 0.6 is 0 Å². The van der Waals surface area contributed by atoms with Gasteiger partial charge in [0, 0.05) is 18.7 Å². The van der Waals surface area contributed by atoms with Crippen molar-refractivity contribution in [3.8, 4) is 12.3 Å². The van der Waals surface area contributed by atoms with Crippen molar-refractivity contribution in [2.24, 2.45) is 0 Å². The lowest BCUT2D eigenvalue weighted by Crippen LogP contribution is -2.07. The number of carbonyl (C=O) groups is 1. The molecule has 0 aliphatic heterocycles. The van der Waals surface area contributed by atoms with Crippen molar-refractivity contribution >= 4 is 11.7 Å². The summed E-state index contributed by atoms with van der Waals surface area (Å²) >= 11 is 0. The predicted molar refractivity (Wildman–Crippen MR) is 60.1 cm³/mol. The predicted octanol–water partition coefficient (Wildman–Crippen LogP) is 2.13. The van der Waals surface area contributed by atoms with E-state index in [-0.39, 0.29) is 5.56 Å². The smallest absolute Gasteiger partial charge is 0.337 e. The van der Waals surface area contributed by atoms with Gasteiger partial charge in [-0.15, -0.1) is 12.3 Å². The number of hydrogen-bond acceptors (Lipinski definition) is 2. The van der Waals surface area contributed by atoms with Crippen LogP contribution in [0.25, 0.3) is 0 Å². The molecule has 0 aliphatic rings. The lowest BCUT2D eigenvalue weighted by molar-refractivity contribution is 0.0698. The van der Waals surface area contributed by atoms with Gasteiger partial charge in [-0.25, -0.2) is 4.79 Å². The molecule has 0 unspecified atom stereocenters. The molecule has 0 fully saturated rings. The Labute approximate surface area is 89.1 Å². The number of aromatic carboxylic acids is 1. The van der Waals surface area contributed by atoms with Crippen molar-refractivity contribution in [3.05, 3.63) is 29.3 Å². The third-order valence-corrected chi connectivity index (χ3v) is 1.99. The number of terminal acetylenes is 1. The molecule has 0 spiro atoms. The SMILES string of the molecule is C#CCCNc1cc(C)ccc1C(=O)O. The van der Waals surface area contributed by atoms with E-state index in [4.69, 9.17) is 11.5 Å². The summed E-state index contributed by atoms with van der Waals surface area (Å²) < 4.78 is 0. The maximum Gasteiger partial charge on any atom is 0.337 e. The van der Waals surface area contributed by atoms with Crippen LogP contribution in [0.5, 0.6) is 0 Å². The first-order chi connectivity index (χ1) is 7.15. The fourth-order valence-corrected chi connectivity index (χ4v) is 1.26. The standard InChI is InChI=1S/C12H13NO2/c1-3-4-7-13-11-8-9(2)5-6-10(11)12(14)15/h1,5-6,8,13H,4,7H2,2H3,(H,14,15). The van der Waals surface area contributed by atoms with Crippen LogP contribution in [0.4, 0.5) is 5.69 Å². The molecule has 0 atom stereocenters. The Morgan fingerprint density at radius 2 is 2.33 bits per heavy atom. The van der Waals surface area contributed by atoms with E-state index in [1.165, 1.54) is 0 Å². The maximum atomic E-state index is 10.9. The van der Waals surface area contributed by atoms with Crippen molar-refractivity contribution in [2.45, 2.75) is 13.3 Å². The minimum Gasteiger partial charge on any atom is -0.478 e. The molecule has 0 amide bonds. The van der Waals surface area contributed by atoms with Crippen LogP contribution in [-0.2, 0) is 0 Å². The van der Waals surface area contributed by atoms with E-state index in [0.717, 1.165) is 5.56 Å². The number of carboxylic acids is 1. The Kier molecular flexibility index (Phi) is 3.75. The molecule has 0 saturated heterocycles. The van der Waals surface area contributed by atoms with Crippen LogP contribution in [0, 0.1) is 19.3 Å². The molecule has 3 nitrogen and oxygen atoms in total. The van der Waals surface area contributed by atoms with E-state index in [9.17, 15) is 4.79 Å². The molecular formula is C12H13NO2. The zero-order valence-corrected chi connectivity index (χ0v) is 8.58. The largest absolute Gasteiger partial charge is 0.478 e. The Hall–Kier alpha value is -1.95. The topological polar surface area (TPSA) is 49.3 Å². The summed E-state index contributed by atoms with van der Waals surface area (Å²) in [4.78, 5) is 10.9. The normalized spacial score (nSPS) is 9.33. The van der Waals surface area contributed by atoms with Crippen molar-refractivity contribution in [1.29, 1.82) is 0 Å². The molecule has 3 heteroatoms. The lowest BCUT2D eigenvalue weighted by atomic mass is 10.1. The number of hydrogen-bond donors (Lipinski definition) is 2. The molecular weight excluding hydrogens is 190 g/mol. The summed E-state index contributed by atoms with van der Waals surface area (Å²) in [6, 6.07) is 5.17. The van der Waals surface area contributed by atoms with Gasteiger partial charge in [-0.1, -0.05) is 6.07 Å². The van der Waals surface area contributed by atoms with Crippen LogP contribution in [0.2, 0.25) is 0 Å². The number of carboxylic acid groups (broad SMARTS) is 1. The molecule has 2 N–H and O–H groups in total. The summed E-state index contributed by atoms with van der Waals surface area (Å²) in [7, 11) is 0. The van der Waals surface area contributed by atoms with Gasteiger partial charge in [0.1, 0.15) is 0 Å². The van der Waals surface area contributed by atoms with Crippen molar-refractivity contribution in [3.63, 3.8) is 0 Å². The average Bonchev–Trinajstić information content (AvgIpc) is 2.18. The van der Waals surface area contributed by atoms with Crippen LogP contribution in [0.15, 0.2) is 18.2 Å². The third kappa shape index (κ3) is 3.03. The highest BCUT2D eigenvalue weighted by Crippen LogP contribution is 2.17. The Balaban J connectivity index is 2.88. The second-order valence-electron chi connectivity index (χ2n) is 3.24. The molecule has 0 bridgehead atoms. The first-order valence-electron chi connectivity index (χ1n) is 4.66. The summed E-state index contributed by atoms with van der Waals surface area (Å²) in [6.45, 7) is 2.50. The number of aryl methyl sites for hydroxylation is 1. The van der Waals surface area contributed by atoms with Gasteiger partial charge >= 0.3 is 5.97 Å². The highest BCUT2D eigenvalue weighted by atomic mass is 16.4. The summed E-state index contributed by atoms with van der Waals surface area (Å²) in [5.41, 5.74) is 1.92. The van der Waals surface area contributed by atoms with E-state index in [0.29, 0.717) is 18.7 Å². The van der Waals surface area contributed by atoms with Gasteiger partial charge in [0.25, 0.3) is 0 Å². The first-order valence-corrected chi connectivity index (χ1v) is 4.66. The molecule has 0 heterocycles. The van der Waals surface area contributed by atoms with E-state index >= 15 is 0 Å². The van der Waals surface area contributed by atoms with Gasteiger partial charge < -0.3 is 10.4 Å². The number of rotatable bonds is 4. The fraction of sp³-hybridized carbons (Fsp3) is 0.250. The Bertz CT molecular complexity index is 405. The van der Waals surface area contributed by atoms with Gasteiger partial charge in [0.2, 0.25) is 0 Å². The lowest BCUT2D eigenvalue weighted by Gasteiger charge is -2.08. The second kappa shape index (κ2) is 5.06. The quantitative estimate of drug-likeness (QED) is 0.582.